The summed E-state index contributed by atoms with van der Waals surface area (Å²) in [5.41, 5.74) is 1.91. The van der Waals surface area contributed by atoms with E-state index >= 15 is 0 Å². The predicted octanol–water partition coefficient (Wildman–Crippen LogP) is 8.94. The molecule has 4 aromatic rings. The van der Waals surface area contributed by atoms with Gasteiger partial charge in [-0.1, -0.05) is 87.1 Å². The van der Waals surface area contributed by atoms with E-state index < -0.39 is 0 Å². The minimum atomic E-state index is -0.213. The summed E-state index contributed by atoms with van der Waals surface area (Å²) in [7, 11) is 0. The fourth-order valence-corrected chi connectivity index (χ4v) is 3.28. The summed E-state index contributed by atoms with van der Waals surface area (Å²) < 4.78 is 0. The van der Waals surface area contributed by atoms with Crippen molar-refractivity contribution in [1.82, 2.24) is 0 Å². The molecule has 4 rings (SSSR count). The zero-order valence-electron chi connectivity index (χ0n) is 25.9. The van der Waals surface area contributed by atoms with Gasteiger partial charge in [-0.15, -0.1) is 0 Å². The summed E-state index contributed by atoms with van der Waals surface area (Å²) in [4.78, 5) is 0. The molecule has 240 valence electrons. The maximum absolute atomic E-state index is 9.62. The van der Waals surface area contributed by atoms with Gasteiger partial charge in [0.2, 0.25) is 0 Å². The van der Waals surface area contributed by atoms with Crippen molar-refractivity contribution in [2.45, 2.75) is 75.7 Å². The van der Waals surface area contributed by atoms with E-state index in [9.17, 15) is 40.9 Å². The monoisotopic (exact) mass is 600 g/mol. The highest BCUT2D eigenvalue weighted by atomic mass is 16.3. The van der Waals surface area contributed by atoms with Crippen LogP contribution < -0.4 is 0 Å². The molecule has 0 unspecified atom stereocenters. The molecule has 0 atom stereocenters. The Morgan fingerprint density at radius 1 is 0.372 bits per heavy atom. The fourth-order valence-electron chi connectivity index (χ4n) is 3.28. The van der Waals surface area contributed by atoms with Gasteiger partial charge < -0.3 is 40.9 Å². The second-order valence-electron chi connectivity index (χ2n) is 7.55. The van der Waals surface area contributed by atoms with Crippen LogP contribution in [0.4, 0.5) is 0 Å². The van der Waals surface area contributed by atoms with Crippen LogP contribution in [0.2, 0.25) is 0 Å². The summed E-state index contributed by atoms with van der Waals surface area (Å²) >= 11 is 0. The number of hydrogen-bond acceptors (Lipinski definition) is 8. The Morgan fingerprint density at radius 2 is 0.674 bits per heavy atom. The number of benzene rings is 4. The Balaban J connectivity index is -0.000000593. The Labute approximate surface area is 257 Å². The molecule has 0 saturated carbocycles. The molecule has 0 spiro atoms. The molecule has 0 saturated heterocycles. The predicted molar refractivity (Wildman–Crippen MR) is 177 cm³/mol. The standard InChI is InChI=1S/2C13H12O4.4C2H6.CH4/c14-10-1-3-12(16)8(6-10)5-9-7-11(15)2-4-13(9)17;14-10-5-1-3-8(12(10)16)7-9-4-2-6-11(15)13(9)17;4*1-2;/h1-4,6-7,14-17H,5H2;1-6,14-17H,7H2;4*1-2H3;1H4. The fraction of sp³-hybridized carbons (Fsp3) is 0.314. The van der Waals surface area contributed by atoms with Gasteiger partial charge in [-0.25, -0.2) is 0 Å². The molecule has 0 amide bonds. The highest BCUT2D eigenvalue weighted by Gasteiger charge is 2.11. The maximum atomic E-state index is 9.62. The van der Waals surface area contributed by atoms with Gasteiger partial charge in [0.1, 0.15) is 23.0 Å². The van der Waals surface area contributed by atoms with Crippen molar-refractivity contribution in [2.75, 3.05) is 0 Å². The van der Waals surface area contributed by atoms with E-state index in [0.717, 1.165) is 0 Å². The average Bonchev–Trinajstić information content (AvgIpc) is 3.02. The van der Waals surface area contributed by atoms with Crippen LogP contribution in [0.3, 0.4) is 0 Å². The Hall–Kier alpha value is -4.72. The van der Waals surface area contributed by atoms with Gasteiger partial charge in [-0.3, -0.25) is 0 Å². The van der Waals surface area contributed by atoms with Crippen LogP contribution in [0.1, 0.15) is 85.1 Å². The molecule has 8 N–H and O–H groups in total. The van der Waals surface area contributed by atoms with Crippen molar-refractivity contribution < 1.29 is 40.9 Å². The molecule has 0 radical (unpaired) electrons. The highest BCUT2D eigenvalue weighted by molar-refractivity contribution is 5.51. The van der Waals surface area contributed by atoms with Gasteiger partial charge >= 0.3 is 0 Å². The van der Waals surface area contributed by atoms with E-state index in [1.807, 2.05) is 55.4 Å². The van der Waals surface area contributed by atoms with Gasteiger partial charge in [-0.2, -0.15) is 0 Å². The first-order valence-corrected chi connectivity index (χ1v) is 14.2. The molecular formula is C35H52O8. The lowest BCUT2D eigenvalue weighted by Gasteiger charge is -2.08. The van der Waals surface area contributed by atoms with Gasteiger partial charge in [0.25, 0.3) is 0 Å². The SMILES string of the molecule is C.CC.CC.CC.CC.Oc1ccc(O)c(Cc2cc(O)ccc2O)c1.Oc1cccc(Cc2cccc(O)c2O)c1O. The zero-order chi connectivity index (χ0) is 32.8. The van der Waals surface area contributed by atoms with E-state index in [1.54, 1.807) is 24.3 Å². The number of para-hydroxylation sites is 2. The molecule has 0 aromatic heterocycles. The van der Waals surface area contributed by atoms with Crippen LogP contribution in [-0.4, -0.2) is 40.9 Å². The summed E-state index contributed by atoms with van der Waals surface area (Å²) in [5.74, 6) is -0.694. The van der Waals surface area contributed by atoms with Gasteiger partial charge in [0.15, 0.2) is 23.0 Å². The first-order chi connectivity index (χ1) is 20.2. The summed E-state index contributed by atoms with van der Waals surface area (Å²) in [6.45, 7) is 16.0. The van der Waals surface area contributed by atoms with Gasteiger partial charge in [0.05, 0.1) is 0 Å². The smallest absolute Gasteiger partial charge is 0.161 e. The number of hydrogen-bond donors (Lipinski definition) is 8. The van der Waals surface area contributed by atoms with Crippen molar-refractivity contribution >= 4 is 0 Å². The first-order valence-electron chi connectivity index (χ1n) is 14.2. The van der Waals surface area contributed by atoms with Crippen molar-refractivity contribution in [3.63, 3.8) is 0 Å². The summed E-state index contributed by atoms with van der Waals surface area (Å²) in [6, 6.07) is 17.6. The molecule has 0 fully saturated rings. The van der Waals surface area contributed by atoms with Crippen molar-refractivity contribution in [3.8, 4) is 46.0 Å². The number of phenolic OH excluding ortho intramolecular Hbond substituents is 8. The van der Waals surface area contributed by atoms with Gasteiger partial charge in [0, 0.05) is 35.1 Å². The quantitative estimate of drug-likeness (QED) is 0.0850. The highest BCUT2D eigenvalue weighted by Crippen LogP contribution is 2.34. The minimum absolute atomic E-state index is 0. The molecule has 0 bridgehead atoms. The zero-order valence-corrected chi connectivity index (χ0v) is 25.9. The molecule has 8 nitrogen and oxygen atoms in total. The maximum Gasteiger partial charge on any atom is 0.161 e. The molecule has 8 heteroatoms. The van der Waals surface area contributed by atoms with E-state index in [2.05, 4.69) is 0 Å². The van der Waals surface area contributed by atoms with Crippen LogP contribution in [0.15, 0.2) is 72.8 Å². The van der Waals surface area contributed by atoms with Crippen molar-refractivity contribution in [1.29, 1.82) is 0 Å². The number of rotatable bonds is 4. The Bertz CT molecular complexity index is 1200. The Kier molecular flexibility index (Phi) is 23.8. The second kappa shape index (κ2) is 23.9. The van der Waals surface area contributed by atoms with Crippen LogP contribution in [0.25, 0.3) is 0 Å². The number of phenols is 8. The van der Waals surface area contributed by atoms with Crippen LogP contribution >= 0.6 is 0 Å². The summed E-state index contributed by atoms with van der Waals surface area (Å²) in [5, 5.41) is 75.8. The van der Waals surface area contributed by atoms with Crippen molar-refractivity contribution in [2.24, 2.45) is 0 Å². The molecule has 0 aliphatic heterocycles. The van der Waals surface area contributed by atoms with E-state index in [0.29, 0.717) is 22.3 Å². The van der Waals surface area contributed by atoms with Gasteiger partial charge in [-0.05, 0) is 48.5 Å². The molecule has 43 heavy (non-hydrogen) atoms. The lowest BCUT2D eigenvalue weighted by Crippen LogP contribution is -1.90. The minimum Gasteiger partial charge on any atom is -0.508 e. The van der Waals surface area contributed by atoms with Crippen LogP contribution in [0.5, 0.6) is 46.0 Å². The largest absolute Gasteiger partial charge is 0.508 e. The molecule has 0 aliphatic carbocycles. The lowest BCUT2D eigenvalue weighted by atomic mass is 10.0. The lowest BCUT2D eigenvalue weighted by molar-refractivity contribution is 0.395. The van der Waals surface area contributed by atoms with Crippen molar-refractivity contribution in [3.05, 3.63) is 95.1 Å². The van der Waals surface area contributed by atoms with E-state index in [4.69, 9.17) is 0 Å². The topological polar surface area (TPSA) is 162 Å². The molecule has 4 aromatic carbocycles. The van der Waals surface area contributed by atoms with E-state index in [-0.39, 0.29) is 66.3 Å². The van der Waals surface area contributed by atoms with Crippen LogP contribution in [0, 0.1) is 0 Å². The van der Waals surface area contributed by atoms with Crippen LogP contribution in [-0.2, 0) is 12.8 Å². The van der Waals surface area contributed by atoms with E-state index in [1.165, 1.54) is 48.5 Å². The average molecular weight is 601 g/mol. The third-order valence-corrected chi connectivity index (χ3v) is 5.08. The third-order valence-electron chi connectivity index (χ3n) is 5.08. The number of aromatic hydroxyl groups is 8. The third kappa shape index (κ3) is 14.1. The second-order valence-corrected chi connectivity index (χ2v) is 7.55. The molecule has 0 aliphatic rings. The Morgan fingerprint density at radius 3 is 1.00 bits per heavy atom. The normalized spacial score (nSPS) is 8.74. The molecular weight excluding hydrogens is 548 g/mol. The summed E-state index contributed by atoms with van der Waals surface area (Å²) in [6.07, 6.45) is 0.445. The first kappa shape index (κ1) is 42.7. The molecule has 0 heterocycles.